The third-order valence-electron chi connectivity index (χ3n) is 2.89. The highest BCUT2D eigenvalue weighted by Crippen LogP contribution is 2.10. The average molecular weight is 367 g/mol. The number of hydrogen-bond acceptors (Lipinski definition) is 8. The fraction of sp³-hybridized carbons (Fsp3) is 0.786. The zero-order valence-corrected chi connectivity index (χ0v) is 15.4. The van der Waals surface area contributed by atoms with Gasteiger partial charge in [-0.3, -0.25) is 13.8 Å². The molecule has 10 heteroatoms. The predicted molar refractivity (Wildman–Crippen MR) is 84.7 cm³/mol. The molecule has 0 aromatic heterocycles. The topological polar surface area (TPSA) is 125 Å². The third kappa shape index (κ3) is 9.58. The van der Waals surface area contributed by atoms with Crippen LogP contribution in [0.4, 0.5) is 0 Å². The summed E-state index contributed by atoms with van der Waals surface area (Å²) in [6.45, 7) is 4.01. The van der Waals surface area contributed by atoms with Gasteiger partial charge in [0.05, 0.1) is 18.4 Å². The van der Waals surface area contributed by atoms with Crippen LogP contribution < -0.4 is 5.32 Å². The Morgan fingerprint density at radius 3 is 2.21 bits per heavy atom. The van der Waals surface area contributed by atoms with E-state index in [1.807, 2.05) is 0 Å². The number of Topliss-reactive ketones (excluding diaryl/α,β-unsaturated/α-hetero) is 1. The molecule has 0 aromatic rings. The van der Waals surface area contributed by atoms with Gasteiger partial charge in [-0.05, 0) is 20.8 Å². The van der Waals surface area contributed by atoms with Crippen LogP contribution in [0.15, 0.2) is 0 Å². The minimum Gasteiger partial charge on any atom is -0.453 e. The highest BCUT2D eigenvalue weighted by atomic mass is 32.2. The van der Waals surface area contributed by atoms with Gasteiger partial charge in [0.2, 0.25) is 5.91 Å². The number of hydrogen-bond donors (Lipinski definition) is 1. The molecule has 1 atom stereocenters. The van der Waals surface area contributed by atoms with Gasteiger partial charge in [0.1, 0.15) is 6.61 Å². The smallest absolute Gasteiger partial charge is 0.332 e. The van der Waals surface area contributed by atoms with Gasteiger partial charge in [-0.25, -0.2) is 4.79 Å². The lowest BCUT2D eigenvalue weighted by molar-refractivity contribution is -0.158. The van der Waals surface area contributed by atoms with Crippen LogP contribution in [0, 0.1) is 0 Å². The quantitative estimate of drug-likeness (QED) is 0.393. The molecular formula is C14H25NO8S. The van der Waals surface area contributed by atoms with Crippen molar-refractivity contribution in [3.8, 4) is 0 Å². The minimum atomic E-state index is -3.74. The summed E-state index contributed by atoms with van der Waals surface area (Å²) in [5.41, 5.74) is -1.05. The summed E-state index contributed by atoms with van der Waals surface area (Å²) in [5, 5.41) is 2.54. The van der Waals surface area contributed by atoms with Crippen LogP contribution in [0.2, 0.25) is 0 Å². The van der Waals surface area contributed by atoms with E-state index in [9.17, 15) is 22.8 Å². The lowest BCUT2D eigenvalue weighted by Crippen LogP contribution is -2.48. The highest BCUT2D eigenvalue weighted by molar-refractivity contribution is 7.86. The maximum absolute atomic E-state index is 11.9. The molecule has 0 heterocycles. The molecule has 0 aromatic carbocycles. The molecule has 0 fully saturated rings. The van der Waals surface area contributed by atoms with Crippen LogP contribution in [-0.2, 0) is 38.2 Å². The van der Waals surface area contributed by atoms with Crippen LogP contribution in [0.3, 0.4) is 0 Å². The number of amides is 1. The number of ether oxygens (including phenoxy) is 2. The van der Waals surface area contributed by atoms with E-state index in [0.717, 1.165) is 7.11 Å². The minimum absolute atomic E-state index is 0.0102. The summed E-state index contributed by atoms with van der Waals surface area (Å²) < 4.78 is 36.8. The SMILES string of the molecule is COCC(=O)OC(CCC(=O)NC(C)(C)CS(=O)(=O)OC)C(C)=O. The molecule has 24 heavy (non-hydrogen) atoms. The number of methoxy groups -OCH3 is 1. The first kappa shape index (κ1) is 22.5. The molecule has 0 spiro atoms. The first-order chi connectivity index (χ1) is 10.9. The van der Waals surface area contributed by atoms with E-state index in [1.165, 1.54) is 27.9 Å². The monoisotopic (exact) mass is 367 g/mol. The molecule has 1 unspecified atom stereocenters. The average Bonchev–Trinajstić information content (AvgIpc) is 2.41. The molecule has 0 bridgehead atoms. The van der Waals surface area contributed by atoms with Gasteiger partial charge in [-0.15, -0.1) is 0 Å². The maximum Gasteiger partial charge on any atom is 0.332 e. The van der Waals surface area contributed by atoms with Crippen LogP contribution in [0.5, 0.6) is 0 Å². The summed E-state index contributed by atoms with van der Waals surface area (Å²) >= 11 is 0. The van der Waals surface area contributed by atoms with Crippen molar-refractivity contribution in [1.82, 2.24) is 5.32 Å². The summed E-state index contributed by atoms with van der Waals surface area (Å²) in [5.74, 6) is -1.97. The highest BCUT2D eigenvalue weighted by Gasteiger charge is 2.28. The first-order valence-corrected chi connectivity index (χ1v) is 8.78. The van der Waals surface area contributed by atoms with Gasteiger partial charge in [0.25, 0.3) is 10.1 Å². The van der Waals surface area contributed by atoms with Gasteiger partial charge in [-0.1, -0.05) is 0 Å². The molecule has 0 aliphatic heterocycles. The molecule has 0 aliphatic rings. The molecule has 1 N–H and O–H groups in total. The summed E-state index contributed by atoms with van der Waals surface area (Å²) in [7, 11) is -1.39. The lowest BCUT2D eigenvalue weighted by atomic mass is 10.1. The van der Waals surface area contributed by atoms with E-state index in [-0.39, 0.29) is 19.4 Å². The second-order valence-electron chi connectivity index (χ2n) is 5.86. The lowest BCUT2D eigenvalue weighted by Gasteiger charge is -2.25. The Balaban J connectivity index is 4.58. The predicted octanol–water partition coefficient (Wildman–Crippen LogP) is -0.215. The molecule has 0 rings (SSSR count). The molecular weight excluding hydrogens is 342 g/mol. The van der Waals surface area contributed by atoms with Gasteiger partial charge < -0.3 is 14.8 Å². The normalized spacial score (nSPS) is 13.2. The van der Waals surface area contributed by atoms with Gasteiger partial charge in [-0.2, -0.15) is 8.42 Å². The van der Waals surface area contributed by atoms with Crippen LogP contribution in [0.1, 0.15) is 33.6 Å². The van der Waals surface area contributed by atoms with Gasteiger partial charge in [0.15, 0.2) is 11.9 Å². The van der Waals surface area contributed by atoms with Crippen LogP contribution in [-0.4, -0.2) is 64.3 Å². The number of nitrogens with one attached hydrogen (secondary N) is 1. The fourth-order valence-corrected chi connectivity index (χ4v) is 2.97. The molecule has 9 nitrogen and oxygen atoms in total. The van der Waals surface area contributed by atoms with E-state index in [2.05, 4.69) is 14.2 Å². The number of carbonyl (C=O) groups is 3. The van der Waals surface area contributed by atoms with Crippen LogP contribution >= 0.6 is 0 Å². The van der Waals surface area contributed by atoms with Crippen molar-refractivity contribution in [3.05, 3.63) is 0 Å². The van der Waals surface area contributed by atoms with Crippen LogP contribution in [0.25, 0.3) is 0 Å². The molecule has 1 amide bonds. The van der Waals surface area contributed by atoms with Crippen molar-refractivity contribution in [2.24, 2.45) is 0 Å². The Labute approximate surface area is 142 Å². The Hall–Kier alpha value is -1.52. The Morgan fingerprint density at radius 1 is 1.17 bits per heavy atom. The molecule has 140 valence electrons. The first-order valence-electron chi connectivity index (χ1n) is 7.20. The van der Waals surface area contributed by atoms with E-state index in [1.54, 1.807) is 0 Å². The van der Waals surface area contributed by atoms with Crippen molar-refractivity contribution in [2.75, 3.05) is 26.6 Å². The van der Waals surface area contributed by atoms with E-state index in [4.69, 9.17) is 4.74 Å². The largest absolute Gasteiger partial charge is 0.453 e. The summed E-state index contributed by atoms with van der Waals surface area (Å²) in [6, 6.07) is 0. The van der Waals surface area contributed by atoms with E-state index in [0.29, 0.717) is 0 Å². The Bertz CT molecular complexity index is 555. The van der Waals surface area contributed by atoms with Gasteiger partial charge in [0, 0.05) is 20.0 Å². The zero-order valence-electron chi connectivity index (χ0n) is 14.6. The Kier molecular flexibility index (Phi) is 9.08. The molecule has 0 saturated heterocycles. The Morgan fingerprint density at radius 2 is 1.75 bits per heavy atom. The maximum atomic E-state index is 11.9. The van der Waals surface area contributed by atoms with E-state index < -0.39 is 45.2 Å². The molecule has 0 aliphatic carbocycles. The number of esters is 1. The number of rotatable bonds is 11. The van der Waals surface area contributed by atoms with Crippen molar-refractivity contribution in [2.45, 2.75) is 45.3 Å². The van der Waals surface area contributed by atoms with E-state index >= 15 is 0 Å². The van der Waals surface area contributed by atoms with Crippen molar-refractivity contribution < 1.29 is 36.5 Å². The van der Waals surface area contributed by atoms with Gasteiger partial charge >= 0.3 is 5.97 Å². The van der Waals surface area contributed by atoms with Crippen molar-refractivity contribution in [3.63, 3.8) is 0 Å². The number of ketones is 1. The molecule has 0 saturated carbocycles. The second-order valence-corrected chi connectivity index (χ2v) is 7.60. The molecule has 0 radical (unpaired) electrons. The summed E-state index contributed by atoms with van der Waals surface area (Å²) in [6.07, 6.45) is -1.17. The fourth-order valence-electron chi connectivity index (χ4n) is 1.89. The van der Waals surface area contributed by atoms with Crippen molar-refractivity contribution >= 4 is 27.8 Å². The number of carbonyl (C=O) groups excluding carboxylic acids is 3. The second kappa shape index (κ2) is 9.70. The van der Waals surface area contributed by atoms with Crippen molar-refractivity contribution in [1.29, 1.82) is 0 Å². The summed E-state index contributed by atoms with van der Waals surface area (Å²) in [4.78, 5) is 34.8. The zero-order chi connectivity index (χ0) is 19.0. The third-order valence-corrected chi connectivity index (χ3v) is 4.48. The standard InChI is InChI=1S/C14H25NO8S/c1-10(16)11(23-13(18)8-21-4)6-7-12(17)15-14(2,3)9-24(19,20)22-5/h11H,6-9H2,1-5H3,(H,15,17).